The third-order valence-electron chi connectivity index (χ3n) is 1.50. The largest absolute Gasteiger partial charge is 1.00 e. The summed E-state index contributed by atoms with van der Waals surface area (Å²) >= 11 is 0. The van der Waals surface area contributed by atoms with Gasteiger partial charge in [-0.2, -0.15) is 5.26 Å². The van der Waals surface area contributed by atoms with Crippen LogP contribution in [0.2, 0.25) is 0 Å². The van der Waals surface area contributed by atoms with Crippen LogP contribution in [0, 0.1) is 0 Å². The number of aliphatic hydroxyl groups is 5. The van der Waals surface area contributed by atoms with Gasteiger partial charge < -0.3 is 35.2 Å². The van der Waals surface area contributed by atoms with Gasteiger partial charge in [0.25, 0.3) is 0 Å². The minimum absolute atomic E-state index is 0. The summed E-state index contributed by atoms with van der Waals surface area (Å²) in [6.45, 7) is 0.337. The van der Waals surface area contributed by atoms with Gasteiger partial charge >= 0.3 is 28.3 Å². The molecule has 0 aliphatic carbocycles. The van der Waals surface area contributed by atoms with Crippen LogP contribution in [0.4, 0.5) is 0 Å². The summed E-state index contributed by atoms with van der Waals surface area (Å²) in [4.78, 5) is 22.2. The Labute approximate surface area is 118 Å². The summed E-state index contributed by atoms with van der Waals surface area (Å²) in [6, 6.07) is 0. The second-order valence-corrected chi connectivity index (χ2v) is 2.88. The Hall–Kier alpha value is -0.360. The number of hydrogen-bond acceptors (Lipinski definition) is 9. The van der Waals surface area contributed by atoms with E-state index < -0.39 is 37.0 Å². The van der Waals surface area contributed by atoms with Gasteiger partial charge in [0.2, 0.25) is 0 Å². The molecule has 18 heavy (non-hydrogen) atoms. The van der Waals surface area contributed by atoms with Crippen LogP contribution < -0.4 is 0 Å². The van der Waals surface area contributed by atoms with Crippen LogP contribution in [0.3, 0.4) is 0 Å². The third-order valence-corrected chi connectivity index (χ3v) is 1.50. The Morgan fingerprint density at radius 3 is 1.83 bits per heavy atom. The van der Waals surface area contributed by atoms with Crippen molar-refractivity contribution in [3.05, 3.63) is 0 Å². The van der Waals surface area contributed by atoms with Crippen molar-refractivity contribution < 1.29 is 67.6 Å². The molecule has 0 rings (SSSR count). The molecule has 0 fully saturated rings. The SMILES string of the molecule is CC(=O)OO.O=[C-][C@@H](O)[C@@H](O)[C@H](O)[C@H](O)CO.[Au+]. The summed E-state index contributed by atoms with van der Waals surface area (Å²) in [6.07, 6.45) is -6.07. The van der Waals surface area contributed by atoms with Crippen molar-refractivity contribution in [2.24, 2.45) is 0 Å². The Bertz CT molecular complexity index is 225. The van der Waals surface area contributed by atoms with E-state index >= 15 is 0 Å². The molecule has 10 heteroatoms. The first kappa shape index (κ1) is 22.8. The van der Waals surface area contributed by atoms with E-state index in [4.69, 9.17) is 30.8 Å². The normalized spacial score (nSPS) is 15.9. The second-order valence-electron chi connectivity index (χ2n) is 2.88. The van der Waals surface area contributed by atoms with Crippen LogP contribution in [-0.2, 0) is 36.9 Å². The molecule has 0 aliphatic rings. The van der Waals surface area contributed by atoms with E-state index in [0.717, 1.165) is 13.2 Å². The maximum atomic E-state index is 9.77. The molecule has 0 aromatic rings. The van der Waals surface area contributed by atoms with E-state index in [1.54, 1.807) is 0 Å². The van der Waals surface area contributed by atoms with Gasteiger partial charge in [0.05, 0.1) is 12.7 Å². The zero-order valence-electron chi connectivity index (χ0n) is 9.23. The van der Waals surface area contributed by atoms with E-state index in [1.807, 2.05) is 0 Å². The molecule has 0 saturated heterocycles. The maximum absolute atomic E-state index is 9.77. The van der Waals surface area contributed by atoms with E-state index in [9.17, 15) is 9.59 Å². The van der Waals surface area contributed by atoms with Gasteiger partial charge in [-0.25, -0.2) is 11.1 Å². The van der Waals surface area contributed by atoms with E-state index in [-0.39, 0.29) is 22.4 Å². The fourth-order valence-electron chi connectivity index (χ4n) is 0.592. The average molecular weight is 452 g/mol. The molecule has 0 aromatic heterocycles. The molecule has 0 spiro atoms. The van der Waals surface area contributed by atoms with Crippen LogP contribution in [0.1, 0.15) is 6.92 Å². The van der Waals surface area contributed by atoms with Crippen molar-refractivity contribution >= 4 is 12.3 Å². The molecule has 0 heterocycles. The fourth-order valence-corrected chi connectivity index (χ4v) is 0.592. The molecule has 6 N–H and O–H groups in total. The molecule has 112 valence electrons. The van der Waals surface area contributed by atoms with Gasteiger partial charge in [-0.3, -0.25) is 0 Å². The molecule has 0 bridgehead atoms. The zero-order valence-corrected chi connectivity index (χ0v) is 11.4. The predicted molar refractivity (Wildman–Crippen MR) is 51.2 cm³/mol. The molecule has 4 atom stereocenters. The smallest absolute Gasteiger partial charge is 0.539 e. The van der Waals surface area contributed by atoms with Crippen molar-refractivity contribution in [1.82, 2.24) is 0 Å². The molecule has 9 nitrogen and oxygen atoms in total. The molecule has 0 amide bonds. The topological polar surface area (TPSA) is 165 Å². The Balaban J connectivity index is -0.000000321. The summed E-state index contributed by atoms with van der Waals surface area (Å²) in [5.74, 6) is -0.690. The van der Waals surface area contributed by atoms with Crippen LogP contribution in [-0.4, -0.2) is 74.1 Å². The molecule has 0 radical (unpaired) electrons. The summed E-state index contributed by atoms with van der Waals surface area (Å²) in [5, 5.41) is 50.7. The number of carbonyl (C=O) groups excluding carboxylic acids is 2. The van der Waals surface area contributed by atoms with Gasteiger partial charge in [-0.05, 0) is 6.10 Å². The summed E-state index contributed by atoms with van der Waals surface area (Å²) in [5.41, 5.74) is 0. The summed E-state index contributed by atoms with van der Waals surface area (Å²) in [7, 11) is 0. The van der Waals surface area contributed by atoms with Gasteiger partial charge in [0, 0.05) is 6.92 Å². The fraction of sp³-hybridized carbons (Fsp3) is 0.750. The molecule has 0 aliphatic heterocycles. The Morgan fingerprint density at radius 2 is 1.61 bits per heavy atom. The monoisotopic (exact) mass is 452 g/mol. The van der Waals surface area contributed by atoms with E-state index in [1.165, 1.54) is 0 Å². The first-order chi connectivity index (χ1) is 7.81. The Morgan fingerprint density at radius 1 is 1.22 bits per heavy atom. The van der Waals surface area contributed by atoms with Gasteiger partial charge in [-0.15, -0.1) is 0 Å². The quantitative estimate of drug-likeness (QED) is 0.108. The minimum Gasteiger partial charge on any atom is -0.539 e. The van der Waals surface area contributed by atoms with Gasteiger partial charge in [0.15, 0.2) is 0 Å². The van der Waals surface area contributed by atoms with Crippen LogP contribution in [0.15, 0.2) is 0 Å². The van der Waals surface area contributed by atoms with E-state index in [2.05, 4.69) is 4.89 Å². The molecule has 0 aromatic carbocycles. The van der Waals surface area contributed by atoms with Crippen molar-refractivity contribution in [2.75, 3.05) is 6.61 Å². The summed E-state index contributed by atoms with van der Waals surface area (Å²) < 4.78 is 0. The van der Waals surface area contributed by atoms with E-state index in [0.29, 0.717) is 0 Å². The standard InChI is InChI=1S/C6H11O6.C2H4O3.Au/c7-1-3(9)5(11)6(12)4(10)2-8;1-2(3)5-4;/h3-7,9-12H,1H2;4H,1H3;/q-1;;+1/t3-,4-,5-,6-;;/m1../s1. The first-order valence-electron chi connectivity index (χ1n) is 4.34. The van der Waals surface area contributed by atoms with Crippen molar-refractivity contribution in [1.29, 1.82) is 0 Å². The second kappa shape index (κ2) is 13.1. The minimum atomic E-state index is -1.89. The molecule has 0 saturated carbocycles. The average Bonchev–Trinajstić information content (AvgIpc) is 2.35. The molecule has 0 unspecified atom stereocenters. The van der Waals surface area contributed by atoms with Crippen LogP contribution in [0.5, 0.6) is 0 Å². The number of rotatable bonds is 5. The number of aliphatic hydroxyl groups excluding tert-OH is 5. The zero-order chi connectivity index (χ0) is 14.0. The van der Waals surface area contributed by atoms with Gasteiger partial charge in [-0.1, -0.05) is 0 Å². The third kappa shape index (κ3) is 10.8. The first-order valence-corrected chi connectivity index (χ1v) is 4.34. The van der Waals surface area contributed by atoms with Crippen LogP contribution in [0.25, 0.3) is 0 Å². The van der Waals surface area contributed by atoms with Crippen molar-refractivity contribution in [2.45, 2.75) is 31.3 Å². The van der Waals surface area contributed by atoms with Crippen LogP contribution >= 0.6 is 0 Å². The number of hydrogen-bond donors (Lipinski definition) is 6. The van der Waals surface area contributed by atoms with Crippen molar-refractivity contribution in [3.8, 4) is 0 Å². The maximum Gasteiger partial charge on any atom is 1.00 e. The van der Waals surface area contributed by atoms with Crippen molar-refractivity contribution in [3.63, 3.8) is 0 Å². The molecular formula is C8H15AuO9. The Kier molecular flexibility index (Phi) is 16.6. The van der Waals surface area contributed by atoms with Gasteiger partial charge in [0.1, 0.15) is 12.2 Å². The number of carbonyl (C=O) groups is 1. The molecular weight excluding hydrogens is 437 g/mol. The predicted octanol–water partition coefficient (Wildman–Crippen LogP) is -3.45.